The van der Waals surface area contributed by atoms with Crippen LogP contribution in [-0.2, 0) is 0 Å². The predicted octanol–water partition coefficient (Wildman–Crippen LogP) is 4.48. The highest BCUT2D eigenvalue weighted by Gasteiger charge is 2.30. The van der Waals surface area contributed by atoms with Crippen LogP contribution in [0.4, 0.5) is 23.7 Å². The zero-order valence-corrected chi connectivity index (χ0v) is 11.5. The molecule has 7 heteroatoms. The molecule has 0 aromatic heterocycles. The third-order valence-corrected chi connectivity index (χ3v) is 3.45. The molecule has 0 aliphatic heterocycles. The molecule has 2 rings (SSSR count). The van der Waals surface area contributed by atoms with E-state index in [1.807, 2.05) is 30.3 Å². The van der Waals surface area contributed by atoms with Gasteiger partial charge in [-0.1, -0.05) is 42.1 Å². The summed E-state index contributed by atoms with van der Waals surface area (Å²) in [6.07, 6.45) is -4.76. The molecule has 0 atom stereocenters. The fourth-order valence-corrected chi connectivity index (χ4v) is 2.48. The maximum absolute atomic E-state index is 12.1. The first kappa shape index (κ1) is 15.2. The third-order valence-electron chi connectivity index (χ3n) is 2.36. The Morgan fingerprint density at radius 3 is 2.24 bits per heavy atom. The lowest BCUT2D eigenvalue weighted by Crippen LogP contribution is -2.40. The summed E-state index contributed by atoms with van der Waals surface area (Å²) in [4.78, 5) is 12.9. The lowest BCUT2D eigenvalue weighted by atomic mass is 10.3. The van der Waals surface area contributed by atoms with Gasteiger partial charge in [-0.05, 0) is 24.3 Å². The average Bonchev–Trinajstić information content (AvgIpc) is 2.40. The molecule has 0 radical (unpaired) electrons. The molecule has 0 spiro atoms. The van der Waals surface area contributed by atoms with E-state index in [4.69, 9.17) is 0 Å². The fraction of sp³-hybridized carbons (Fsp3) is 0.0714. The van der Waals surface area contributed by atoms with E-state index in [1.165, 1.54) is 11.8 Å². The lowest BCUT2D eigenvalue weighted by molar-refractivity contribution is -0.144. The minimum Gasteiger partial charge on any atom is -0.307 e. The molecule has 0 aliphatic rings. The van der Waals surface area contributed by atoms with Crippen LogP contribution in [0.1, 0.15) is 0 Å². The molecule has 0 fully saturated rings. The van der Waals surface area contributed by atoms with E-state index in [0.717, 1.165) is 10.2 Å². The summed E-state index contributed by atoms with van der Waals surface area (Å²) in [5, 5.41) is 3.10. The van der Waals surface area contributed by atoms with Gasteiger partial charge < -0.3 is 5.32 Å². The number of benzene rings is 2. The molecule has 2 aromatic rings. The monoisotopic (exact) mass is 312 g/mol. The molecule has 0 saturated carbocycles. The van der Waals surface area contributed by atoms with Crippen molar-refractivity contribution in [1.82, 2.24) is 5.32 Å². The Labute approximate surface area is 123 Å². The van der Waals surface area contributed by atoms with E-state index in [0.29, 0.717) is 10.6 Å². The quantitative estimate of drug-likeness (QED) is 0.821. The Bertz CT molecular complexity index is 617. The van der Waals surface area contributed by atoms with Crippen molar-refractivity contribution >= 4 is 23.5 Å². The number of carbonyl (C=O) groups excluding carboxylic acids is 1. The molecular weight excluding hydrogens is 301 g/mol. The van der Waals surface area contributed by atoms with Gasteiger partial charge in [0.1, 0.15) is 0 Å². The summed E-state index contributed by atoms with van der Waals surface area (Å²) in [6, 6.07) is 14.7. The van der Waals surface area contributed by atoms with Crippen molar-refractivity contribution in [1.29, 1.82) is 0 Å². The van der Waals surface area contributed by atoms with E-state index in [1.54, 1.807) is 24.3 Å². The topological polar surface area (TPSA) is 41.1 Å². The largest absolute Gasteiger partial charge is 0.485 e. The van der Waals surface area contributed by atoms with Crippen LogP contribution in [-0.4, -0.2) is 12.3 Å². The average molecular weight is 312 g/mol. The number of para-hydroxylation sites is 1. The van der Waals surface area contributed by atoms with E-state index < -0.39 is 12.3 Å². The predicted molar refractivity (Wildman–Crippen MR) is 75.2 cm³/mol. The number of hydrogen-bond acceptors (Lipinski definition) is 2. The van der Waals surface area contributed by atoms with Crippen molar-refractivity contribution in [2.45, 2.75) is 16.1 Å². The van der Waals surface area contributed by atoms with Crippen molar-refractivity contribution in [3.05, 3.63) is 54.6 Å². The van der Waals surface area contributed by atoms with Gasteiger partial charge in [0.15, 0.2) is 0 Å². The standard InChI is InChI=1S/C14H11F3N2OS/c15-14(16,17)19-13(20)18-11-8-4-5-9-12(11)21-10-6-2-1-3-7-10/h1-9H,(H2,18,19,20). The number of alkyl halides is 3. The van der Waals surface area contributed by atoms with Gasteiger partial charge in [0.25, 0.3) is 0 Å². The summed E-state index contributed by atoms with van der Waals surface area (Å²) in [7, 11) is 0. The van der Waals surface area contributed by atoms with Crippen LogP contribution in [0.3, 0.4) is 0 Å². The van der Waals surface area contributed by atoms with Gasteiger partial charge in [0.2, 0.25) is 0 Å². The maximum atomic E-state index is 12.1. The van der Waals surface area contributed by atoms with Crippen molar-refractivity contribution in [2.24, 2.45) is 0 Å². The first-order valence-electron chi connectivity index (χ1n) is 5.92. The SMILES string of the molecule is O=C(Nc1ccccc1Sc1ccccc1)NC(F)(F)F. The number of hydrogen-bond donors (Lipinski definition) is 2. The molecule has 0 bridgehead atoms. The highest BCUT2D eigenvalue weighted by Crippen LogP contribution is 2.33. The summed E-state index contributed by atoms with van der Waals surface area (Å²) in [5.74, 6) is 0. The number of rotatable bonds is 3. The molecule has 0 unspecified atom stereocenters. The van der Waals surface area contributed by atoms with E-state index >= 15 is 0 Å². The number of amides is 2. The summed E-state index contributed by atoms with van der Waals surface area (Å²) in [5.41, 5.74) is 0.313. The highest BCUT2D eigenvalue weighted by molar-refractivity contribution is 7.99. The summed E-state index contributed by atoms with van der Waals surface area (Å²) >= 11 is 1.35. The van der Waals surface area contributed by atoms with Crippen LogP contribution in [0.25, 0.3) is 0 Å². The number of nitrogens with one attached hydrogen (secondary N) is 2. The van der Waals surface area contributed by atoms with Gasteiger partial charge in [-0.25, -0.2) is 10.1 Å². The smallest absolute Gasteiger partial charge is 0.307 e. The fourth-order valence-electron chi connectivity index (χ4n) is 1.56. The van der Waals surface area contributed by atoms with Crippen molar-refractivity contribution in [3.8, 4) is 0 Å². The molecule has 0 heterocycles. The van der Waals surface area contributed by atoms with Gasteiger partial charge >= 0.3 is 12.3 Å². The normalized spacial score (nSPS) is 11.0. The number of halogens is 3. The van der Waals surface area contributed by atoms with Crippen LogP contribution < -0.4 is 10.6 Å². The van der Waals surface area contributed by atoms with Gasteiger partial charge in [-0.15, -0.1) is 0 Å². The van der Waals surface area contributed by atoms with Crippen LogP contribution >= 0.6 is 11.8 Å². The van der Waals surface area contributed by atoms with Crippen molar-refractivity contribution in [2.75, 3.05) is 5.32 Å². The zero-order valence-electron chi connectivity index (χ0n) is 10.6. The minimum atomic E-state index is -4.76. The van der Waals surface area contributed by atoms with Gasteiger partial charge in [-0.2, -0.15) is 13.2 Å². The maximum Gasteiger partial charge on any atom is 0.485 e. The zero-order chi connectivity index (χ0) is 15.3. The molecule has 0 saturated heterocycles. The Balaban J connectivity index is 2.12. The number of urea groups is 1. The van der Waals surface area contributed by atoms with E-state index in [-0.39, 0.29) is 0 Å². The molecule has 3 nitrogen and oxygen atoms in total. The summed E-state index contributed by atoms with van der Waals surface area (Å²) in [6.45, 7) is 0. The van der Waals surface area contributed by atoms with Gasteiger partial charge in [0.05, 0.1) is 5.69 Å². The molecule has 0 aliphatic carbocycles. The second-order valence-electron chi connectivity index (χ2n) is 3.99. The molecule has 2 N–H and O–H groups in total. The minimum absolute atomic E-state index is 0.313. The van der Waals surface area contributed by atoms with Crippen molar-refractivity contribution in [3.63, 3.8) is 0 Å². The van der Waals surface area contributed by atoms with Crippen LogP contribution in [0.15, 0.2) is 64.4 Å². The first-order valence-corrected chi connectivity index (χ1v) is 6.73. The summed E-state index contributed by atoms with van der Waals surface area (Å²) < 4.78 is 36.2. The molecule has 2 aromatic carbocycles. The van der Waals surface area contributed by atoms with Crippen LogP contribution in [0, 0.1) is 0 Å². The first-order chi connectivity index (χ1) is 9.94. The Kier molecular flexibility index (Phi) is 4.74. The molecule has 21 heavy (non-hydrogen) atoms. The second kappa shape index (κ2) is 6.53. The van der Waals surface area contributed by atoms with Gasteiger partial charge in [-0.3, -0.25) is 0 Å². The highest BCUT2D eigenvalue weighted by atomic mass is 32.2. The molecule has 110 valence electrons. The third kappa shape index (κ3) is 5.03. The van der Waals surface area contributed by atoms with Crippen molar-refractivity contribution < 1.29 is 18.0 Å². The van der Waals surface area contributed by atoms with E-state index in [2.05, 4.69) is 5.32 Å². The number of anilines is 1. The van der Waals surface area contributed by atoms with Crippen LogP contribution in [0.2, 0.25) is 0 Å². The van der Waals surface area contributed by atoms with Crippen LogP contribution in [0.5, 0.6) is 0 Å². The lowest BCUT2D eigenvalue weighted by Gasteiger charge is -2.13. The Hall–Kier alpha value is -2.15. The Morgan fingerprint density at radius 1 is 0.952 bits per heavy atom. The Morgan fingerprint density at radius 2 is 1.57 bits per heavy atom. The van der Waals surface area contributed by atoms with E-state index in [9.17, 15) is 18.0 Å². The number of carbonyl (C=O) groups is 1. The second-order valence-corrected chi connectivity index (χ2v) is 5.10. The molecular formula is C14H11F3N2OS. The van der Waals surface area contributed by atoms with Gasteiger partial charge in [0, 0.05) is 9.79 Å². The molecule has 2 amide bonds.